The molecule has 9 heteroatoms. The fourth-order valence-electron chi connectivity index (χ4n) is 3.63. The lowest BCUT2D eigenvalue weighted by molar-refractivity contribution is 0.321. The van der Waals surface area contributed by atoms with Crippen molar-refractivity contribution >= 4 is 11.6 Å². The van der Waals surface area contributed by atoms with Gasteiger partial charge in [-0.25, -0.2) is 14.3 Å². The molecular weight excluding hydrogens is 414 g/mol. The molecule has 31 heavy (non-hydrogen) atoms. The molecule has 2 aromatic heterocycles. The van der Waals surface area contributed by atoms with Crippen molar-refractivity contribution in [1.82, 2.24) is 35.0 Å². The molecule has 1 aliphatic rings. The Kier molecular flexibility index (Phi) is 5.38. The fourth-order valence-corrected chi connectivity index (χ4v) is 3.82. The molecule has 8 nitrogen and oxygen atoms in total. The Balaban J connectivity index is 1.32. The Bertz CT molecular complexity index is 1180. The molecule has 0 spiro atoms. The average molecular weight is 436 g/mol. The Labute approximate surface area is 184 Å². The van der Waals surface area contributed by atoms with Gasteiger partial charge in [0, 0.05) is 23.6 Å². The Hall–Kier alpha value is -3.26. The van der Waals surface area contributed by atoms with Crippen LogP contribution in [0.15, 0.2) is 49.1 Å². The number of benzene rings is 2. The predicted molar refractivity (Wildman–Crippen MR) is 116 cm³/mol. The molecule has 1 aliphatic carbocycles. The van der Waals surface area contributed by atoms with Gasteiger partial charge >= 0.3 is 0 Å². The van der Waals surface area contributed by atoms with Gasteiger partial charge in [-0.15, -0.1) is 5.10 Å². The van der Waals surface area contributed by atoms with Crippen LogP contribution in [0.4, 0.5) is 0 Å². The molecule has 1 saturated carbocycles. The van der Waals surface area contributed by atoms with E-state index in [0.717, 1.165) is 40.5 Å². The van der Waals surface area contributed by atoms with E-state index in [-0.39, 0.29) is 0 Å². The smallest absolute Gasteiger partial charge is 0.182 e. The van der Waals surface area contributed by atoms with E-state index in [0.29, 0.717) is 24.0 Å². The van der Waals surface area contributed by atoms with Crippen LogP contribution in [0.1, 0.15) is 24.0 Å². The molecular formula is C22H22ClN7O. The Morgan fingerprint density at radius 2 is 2.06 bits per heavy atom. The van der Waals surface area contributed by atoms with Crippen molar-refractivity contribution in [3.8, 4) is 22.8 Å². The minimum atomic E-state index is 0.498. The van der Waals surface area contributed by atoms with E-state index in [2.05, 4.69) is 31.7 Å². The van der Waals surface area contributed by atoms with Gasteiger partial charge in [0.25, 0.3) is 0 Å². The third-order valence-electron chi connectivity index (χ3n) is 5.32. The van der Waals surface area contributed by atoms with E-state index in [4.69, 9.17) is 16.3 Å². The highest BCUT2D eigenvalue weighted by atomic mass is 35.5. The van der Waals surface area contributed by atoms with E-state index in [9.17, 15) is 0 Å². The zero-order valence-corrected chi connectivity index (χ0v) is 17.9. The molecule has 1 fully saturated rings. The highest BCUT2D eigenvalue weighted by Gasteiger charge is 2.24. The summed E-state index contributed by atoms with van der Waals surface area (Å²) < 4.78 is 9.74. The molecule has 0 saturated heterocycles. The zero-order valence-electron chi connectivity index (χ0n) is 17.1. The topological polar surface area (TPSA) is 83.5 Å². The maximum absolute atomic E-state index is 6.22. The molecule has 0 N–H and O–H groups in total. The first kappa shape index (κ1) is 19.7. The maximum Gasteiger partial charge on any atom is 0.182 e. The lowest BCUT2D eigenvalue weighted by atomic mass is 10.1. The number of aryl methyl sites for hydroxylation is 1. The number of nitrogens with zero attached hydrogens (tertiary/aromatic N) is 7. The van der Waals surface area contributed by atoms with Gasteiger partial charge in [0.2, 0.25) is 0 Å². The average Bonchev–Trinajstić information content (AvgIpc) is 3.20. The number of tetrazole rings is 1. The molecule has 4 aromatic rings. The molecule has 2 heterocycles. The number of hydrogen-bond donors (Lipinski definition) is 0. The summed E-state index contributed by atoms with van der Waals surface area (Å²) in [6.07, 6.45) is 6.37. The molecule has 0 atom stereocenters. The van der Waals surface area contributed by atoms with Crippen LogP contribution in [0.5, 0.6) is 5.75 Å². The number of halogens is 1. The predicted octanol–water partition coefficient (Wildman–Crippen LogP) is 3.91. The maximum atomic E-state index is 6.22. The quantitative estimate of drug-likeness (QED) is 0.417. The van der Waals surface area contributed by atoms with Gasteiger partial charge in [0.15, 0.2) is 5.82 Å². The van der Waals surface area contributed by atoms with Gasteiger partial charge in [-0.2, -0.15) is 5.10 Å². The van der Waals surface area contributed by atoms with E-state index in [1.807, 2.05) is 41.9 Å². The highest BCUT2D eigenvalue weighted by Crippen LogP contribution is 2.32. The molecule has 5 rings (SSSR count). The molecule has 0 aliphatic heterocycles. The standard InChI is InChI=1S/C22H22ClN7O/c1-15-8-18(22-26-27-28-29(22)12-16-2-3-16)11-20(9-15)31-7-6-17-10-19(23)4-5-21(17)30-14-24-13-25-30/h4-5,8-11,13-14,16H,2-3,6-7,12H2,1H3. The summed E-state index contributed by atoms with van der Waals surface area (Å²) in [5.74, 6) is 2.27. The molecule has 2 aromatic carbocycles. The fraction of sp³-hybridized carbons (Fsp3) is 0.318. The summed E-state index contributed by atoms with van der Waals surface area (Å²) in [6, 6.07) is 11.8. The van der Waals surface area contributed by atoms with Crippen LogP contribution < -0.4 is 4.74 Å². The summed E-state index contributed by atoms with van der Waals surface area (Å²) in [4.78, 5) is 4.03. The van der Waals surface area contributed by atoms with Gasteiger partial charge < -0.3 is 4.74 Å². The van der Waals surface area contributed by atoms with Crippen molar-refractivity contribution < 1.29 is 4.74 Å². The van der Waals surface area contributed by atoms with Crippen LogP contribution in [-0.2, 0) is 13.0 Å². The summed E-state index contributed by atoms with van der Waals surface area (Å²) in [5.41, 5.74) is 4.04. The van der Waals surface area contributed by atoms with Crippen molar-refractivity contribution in [2.45, 2.75) is 32.7 Å². The highest BCUT2D eigenvalue weighted by molar-refractivity contribution is 6.30. The van der Waals surface area contributed by atoms with Crippen LogP contribution in [0.2, 0.25) is 5.02 Å². The minimum absolute atomic E-state index is 0.498. The van der Waals surface area contributed by atoms with Gasteiger partial charge in [-0.3, -0.25) is 0 Å². The largest absolute Gasteiger partial charge is 0.493 e. The van der Waals surface area contributed by atoms with Crippen molar-refractivity contribution in [2.24, 2.45) is 5.92 Å². The second kappa shape index (κ2) is 8.47. The van der Waals surface area contributed by atoms with Crippen LogP contribution in [-0.4, -0.2) is 41.6 Å². The van der Waals surface area contributed by atoms with Gasteiger partial charge in [0.1, 0.15) is 18.4 Å². The minimum Gasteiger partial charge on any atom is -0.493 e. The van der Waals surface area contributed by atoms with Gasteiger partial charge in [-0.1, -0.05) is 11.6 Å². The third kappa shape index (κ3) is 4.59. The van der Waals surface area contributed by atoms with Crippen molar-refractivity contribution in [2.75, 3.05) is 6.61 Å². The van der Waals surface area contributed by atoms with Crippen LogP contribution >= 0.6 is 11.6 Å². The van der Waals surface area contributed by atoms with Crippen molar-refractivity contribution in [3.63, 3.8) is 0 Å². The number of ether oxygens (including phenoxy) is 1. The summed E-state index contributed by atoms with van der Waals surface area (Å²) >= 11 is 6.22. The number of hydrogen-bond acceptors (Lipinski definition) is 6. The van der Waals surface area contributed by atoms with Gasteiger partial charge in [0.05, 0.1) is 12.3 Å². The van der Waals surface area contributed by atoms with Crippen LogP contribution in [0, 0.1) is 12.8 Å². The molecule has 158 valence electrons. The lowest BCUT2D eigenvalue weighted by Crippen LogP contribution is -2.07. The first-order valence-electron chi connectivity index (χ1n) is 10.3. The Morgan fingerprint density at radius 3 is 2.87 bits per heavy atom. The summed E-state index contributed by atoms with van der Waals surface area (Å²) in [6.45, 7) is 3.41. The van der Waals surface area contributed by atoms with Gasteiger partial charge in [-0.05, 0) is 83.6 Å². The molecule has 0 bridgehead atoms. The second-order valence-corrected chi connectivity index (χ2v) is 8.31. The second-order valence-electron chi connectivity index (χ2n) is 7.87. The normalized spacial score (nSPS) is 13.5. The van der Waals surface area contributed by atoms with E-state index in [1.54, 1.807) is 11.0 Å². The molecule has 0 amide bonds. The van der Waals surface area contributed by atoms with Crippen molar-refractivity contribution in [1.29, 1.82) is 0 Å². The summed E-state index contributed by atoms with van der Waals surface area (Å²) in [5, 5.41) is 17.2. The zero-order chi connectivity index (χ0) is 21.2. The number of rotatable bonds is 8. The van der Waals surface area contributed by atoms with Crippen LogP contribution in [0.25, 0.3) is 17.1 Å². The monoisotopic (exact) mass is 435 g/mol. The van der Waals surface area contributed by atoms with Crippen LogP contribution in [0.3, 0.4) is 0 Å². The van der Waals surface area contributed by atoms with E-state index >= 15 is 0 Å². The lowest BCUT2D eigenvalue weighted by Gasteiger charge is -2.12. The number of aromatic nitrogens is 7. The van der Waals surface area contributed by atoms with E-state index in [1.165, 1.54) is 19.2 Å². The van der Waals surface area contributed by atoms with Crippen molar-refractivity contribution in [3.05, 3.63) is 65.2 Å². The van der Waals surface area contributed by atoms with E-state index < -0.39 is 0 Å². The summed E-state index contributed by atoms with van der Waals surface area (Å²) in [7, 11) is 0. The Morgan fingerprint density at radius 1 is 1.16 bits per heavy atom. The molecule has 0 unspecified atom stereocenters. The molecule has 0 radical (unpaired) electrons. The SMILES string of the molecule is Cc1cc(OCCc2cc(Cl)ccc2-n2cncn2)cc(-c2nnnn2CC2CC2)c1. The first-order valence-corrected chi connectivity index (χ1v) is 10.7. The third-order valence-corrected chi connectivity index (χ3v) is 5.55. The first-order chi connectivity index (χ1) is 15.2.